The van der Waals surface area contributed by atoms with Gasteiger partial charge >= 0.3 is 0 Å². The van der Waals surface area contributed by atoms with Gasteiger partial charge in [0, 0.05) is 25.4 Å². The van der Waals surface area contributed by atoms with Crippen molar-refractivity contribution in [3.05, 3.63) is 54.4 Å². The van der Waals surface area contributed by atoms with Crippen molar-refractivity contribution in [2.45, 2.75) is 6.54 Å². The van der Waals surface area contributed by atoms with E-state index in [1.165, 1.54) is 0 Å². The number of aliphatic imine (C=N–C) groups is 1. The molecule has 6 nitrogen and oxygen atoms in total. The van der Waals surface area contributed by atoms with Gasteiger partial charge in [0.1, 0.15) is 18.1 Å². The first-order valence-electron chi connectivity index (χ1n) is 7.42. The van der Waals surface area contributed by atoms with Gasteiger partial charge in [0.15, 0.2) is 5.96 Å². The van der Waals surface area contributed by atoms with Gasteiger partial charge in [-0.15, -0.1) is 0 Å². The fourth-order valence-corrected chi connectivity index (χ4v) is 2.02. The number of guanidine groups is 1. The summed E-state index contributed by atoms with van der Waals surface area (Å²) in [5.41, 5.74) is 1.07. The smallest absolute Gasteiger partial charge is 0.191 e. The number of nitrogens with one attached hydrogen (secondary N) is 2. The number of para-hydroxylation sites is 1. The predicted molar refractivity (Wildman–Crippen MR) is 90.9 cm³/mol. The molecular weight excluding hydrogens is 292 g/mol. The van der Waals surface area contributed by atoms with E-state index in [4.69, 9.17) is 9.47 Å². The Kier molecular flexibility index (Phi) is 6.71. The van der Waals surface area contributed by atoms with Crippen LogP contribution in [0.4, 0.5) is 0 Å². The van der Waals surface area contributed by atoms with Crippen molar-refractivity contribution in [1.82, 2.24) is 15.6 Å². The van der Waals surface area contributed by atoms with Crippen LogP contribution in [-0.2, 0) is 6.54 Å². The third kappa shape index (κ3) is 5.50. The molecule has 0 saturated carbocycles. The standard InChI is InChI=1S/C17H22N4O2/c1-18-17(20-10-11-23-15-7-5-9-19-13-15)21-12-14-6-3-4-8-16(14)22-2/h3-9,13H,10-12H2,1-2H3,(H2,18,20,21). The minimum absolute atomic E-state index is 0.529. The maximum absolute atomic E-state index is 5.57. The van der Waals surface area contributed by atoms with E-state index in [0.717, 1.165) is 17.1 Å². The minimum atomic E-state index is 0.529. The first kappa shape index (κ1) is 16.6. The molecule has 2 aromatic rings. The van der Waals surface area contributed by atoms with E-state index >= 15 is 0 Å². The summed E-state index contributed by atoms with van der Waals surface area (Å²) in [6.07, 6.45) is 3.41. The lowest BCUT2D eigenvalue weighted by Gasteiger charge is -2.14. The van der Waals surface area contributed by atoms with E-state index in [-0.39, 0.29) is 0 Å². The molecule has 0 unspecified atom stereocenters. The molecule has 0 amide bonds. The minimum Gasteiger partial charge on any atom is -0.496 e. The van der Waals surface area contributed by atoms with Crippen molar-refractivity contribution < 1.29 is 9.47 Å². The summed E-state index contributed by atoms with van der Waals surface area (Å²) >= 11 is 0. The lowest BCUT2D eigenvalue weighted by molar-refractivity contribution is 0.320. The summed E-state index contributed by atoms with van der Waals surface area (Å²) in [6, 6.07) is 11.6. The maximum atomic E-state index is 5.57. The number of rotatable bonds is 7. The molecule has 1 aromatic heterocycles. The molecule has 23 heavy (non-hydrogen) atoms. The van der Waals surface area contributed by atoms with Crippen LogP contribution >= 0.6 is 0 Å². The number of methoxy groups -OCH3 is 1. The molecule has 1 heterocycles. The topological polar surface area (TPSA) is 67.8 Å². The molecule has 2 rings (SSSR count). The Morgan fingerprint density at radius 2 is 2.04 bits per heavy atom. The number of ether oxygens (including phenoxy) is 2. The summed E-state index contributed by atoms with van der Waals surface area (Å²) in [7, 11) is 3.40. The van der Waals surface area contributed by atoms with Gasteiger partial charge in [-0.1, -0.05) is 18.2 Å². The van der Waals surface area contributed by atoms with Crippen molar-refractivity contribution in [1.29, 1.82) is 0 Å². The van der Waals surface area contributed by atoms with Crippen LogP contribution in [-0.4, -0.2) is 38.3 Å². The summed E-state index contributed by atoms with van der Waals surface area (Å²) in [6.45, 7) is 1.80. The Morgan fingerprint density at radius 1 is 1.17 bits per heavy atom. The van der Waals surface area contributed by atoms with Crippen LogP contribution in [0.1, 0.15) is 5.56 Å². The second kappa shape index (κ2) is 9.30. The molecule has 2 N–H and O–H groups in total. The Hall–Kier alpha value is -2.76. The lowest BCUT2D eigenvalue weighted by atomic mass is 10.2. The van der Waals surface area contributed by atoms with Gasteiger partial charge in [-0.3, -0.25) is 9.98 Å². The summed E-state index contributed by atoms with van der Waals surface area (Å²) in [5, 5.41) is 6.45. The molecular formula is C17H22N4O2. The fraction of sp³-hybridized carbons (Fsp3) is 0.294. The quantitative estimate of drug-likeness (QED) is 0.464. The molecule has 6 heteroatoms. The average Bonchev–Trinajstić information content (AvgIpc) is 2.62. The van der Waals surface area contributed by atoms with E-state index in [1.807, 2.05) is 36.4 Å². The zero-order chi connectivity index (χ0) is 16.3. The molecule has 0 aliphatic rings. The third-order valence-corrected chi connectivity index (χ3v) is 3.16. The Morgan fingerprint density at radius 3 is 2.78 bits per heavy atom. The highest BCUT2D eigenvalue weighted by molar-refractivity contribution is 5.79. The van der Waals surface area contributed by atoms with Crippen LogP contribution in [0, 0.1) is 0 Å². The van der Waals surface area contributed by atoms with Gasteiger partial charge in [0.2, 0.25) is 0 Å². The highest BCUT2D eigenvalue weighted by Crippen LogP contribution is 2.16. The second-order valence-electron chi connectivity index (χ2n) is 4.70. The van der Waals surface area contributed by atoms with Crippen LogP contribution in [0.25, 0.3) is 0 Å². The zero-order valence-electron chi connectivity index (χ0n) is 13.5. The van der Waals surface area contributed by atoms with Gasteiger partial charge in [0.05, 0.1) is 19.9 Å². The van der Waals surface area contributed by atoms with Crippen molar-refractivity contribution in [2.24, 2.45) is 4.99 Å². The van der Waals surface area contributed by atoms with Gasteiger partial charge < -0.3 is 20.1 Å². The van der Waals surface area contributed by atoms with Gasteiger partial charge in [-0.05, 0) is 18.2 Å². The van der Waals surface area contributed by atoms with Gasteiger partial charge in [-0.25, -0.2) is 0 Å². The molecule has 0 aliphatic heterocycles. The number of aromatic nitrogens is 1. The van der Waals surface area contributed by atoms with Crippen molar-refractivity contribution in [3.63, 3.8) is 0 Å². The summed E-state index contributed by atoms with van der Waals surface area (Å²) in [4.78, 5) is 8.19. The van der Waals surface area contributed by atoms with Crippen LogP contribution in [0.5, 0.6) is 11.5 Å². The van der Waals surface area contributed by atoms with Crippen molar-refractivity contribution >= 4 is 5.96 Å². The first-order chi connectivity index (χ1) is 11.3. The van der Waals surface area contributed by atoms with Crippen LogP contribution in [0.15, 0.2) is 53.8 Å². The average molecular weight is 314 g/mol. The maximum Gasteiger partial charge on any atom is 0.191 e. The fourth-order valence-electron chi connectivity index (χ4n) is 2.02. The lowest BCUT2D eigenvalue weighted by Crippen LogP contribution is -2.38. The number of hydrogen-bond acceptors (Lipinski definition) is 4. The van der Waals surface area contributed by atoms with Crippen LogP contribution < -0.4 is 20.1 Å². The highest BCUT2D eigenvalue weighted by Gasteiger charge is 2.03. The molecule has 0 atom stereocenters. The van der Waals surface area contributed by atoms with Crippen molar-refractivity contribution in [3.8, 4) is 11.5 Å². The molecule has 1 aromatic carbocycles. The summed E-state index contributed by atoms with van der Waals surface area (Å²) < 4.78 is 10.9. The zero-order valence-corrected chi connectivity index (χ0v) is 13.5. The van der Waals surface area contributed by atoms with E-state index in [1.54, 1.807) is 26.6 Å². The number of nitrogens with zero attached hydrogens (tertiary/aromatic N) is 2. The monoisotopic (exact) mass is 314 g/mol. The largest absolute Gasteiger partial charge is 0.496 e. The third-order valence-electron chi connectivity index (χ3n) is 3.16. The molecule has 0 bridgehead atoms. The molecule has 122 valence electrons. The Bertz CT molecular complexity index is 617. The molecule has 0 aliphatic carbocycles. The molecule has 0 spiro atoms. The van der Waals surface area contributed by atoms with Gasteiger partial charge in [0.25, 0.3) is 0 Å². The second-order valence-corrected chi connectivity index (χ2v) is 4.70. The normalized spacial score (nSPS) is 11.0. The predicted octanol–water partition coefficient (Wildman–Crippen LogP) is 1.83. The summed E-state index contributed by atoms with van der Waals surface area (Å²) in [5.74, 6) is 2.33. The van der Waals surface area contributed by atoms with Crippen LogP contribution in [0.2, 0.25) is 0 Å². The van der Waals surface area contributed by atoms with Crippen LogP contribution in [0.3, 0.4) is 0 Å². The number of pyridine rings is 1. The van der Waals surface area contributed by atoms with E-state index in [0.29, 0.717) is 25.7 Å². The van der Waals surface area contributed by atoms with E-state index in [9.17, 15) is 0 Å². The van der Waals surface area contributed by atoms with Crippen molar-refractivity contribution in [2.75, 3.05) is 27.3 Å². The molecule has 0 radical (unpaired) electrons. The molecule has 0 fully saturated rings. The molecule has 0 saturated heterocycles. The Labute approximate surface area is 136 Å². The van der Waals surface area contributed by atoms with E-state index in [2.05, 4.69) is 20.6 Å². The highest BCUT2D eigenvalue weighted by atomic mass is 16.5. The van der Waals surface area contributed by atoms with E-state index < -0.39 is 0 Å². The van der Waals surface area contributed by atoms with Gasteiger partial charge in [-0.2, -0.15) is 0 Å². The SMILES string of the molecule is CN=C(NCCOc1cccnc1)NCc1ccccc1OC. The Balaban J connectivity index is 1.73. The first-order valence-corrected chi connectivity index (χ1v) is 7.42. The number of hydrogen-bond donors (Lipinski definition) is 2. The number of benzene rings is 1.